The van der Waals surface area contributed by atoms with Crippen LogP contribution in [0.2, 0.25) is 0 Å². The maximum Gasteiger partial charge on any atom is 0.341 e. The molecule has 0 heterocycles. The molecule has 0 radical (unpaired) electrons. The summed E-state index contributed by atoms with van der Waals surface area (Å²) in [7, 11) is 1.30. The third-order valence-corrected chi connectivity index (χ3v) is 2.25. The predicted octanol–water partition coefficient (Wildman–Crippen LogP) is 1.06. The Morgan fingerprint density at radius 2 is 2.24 bits per heavy atom. The van der Waals surface area contributed by atoms with Gasteiger partial charge in [-0.25, -0.2) is 4.79 Å². The zero-order chi connectivity index (χ0) is 12.8. The highest BCUT2D eigenvalue weighted by Crippen LogP contribution is 2.23. The average molecular weight is 239 g/mol. The van der Waals surface area contributed by atoms with E-state index in [-0.39, 0.29) is 12.5 Å². The lowest BCUT2D eigenvalue weighted by molar-refractivity contribution is 0.0594. The number of nitrogen functional groups attached to an aromatic ring is 1. The van der Waals surface area contributed by atoms with Crippen molar-refractivity contribution in [3.05, 3.63) is 23.8 Å². The first-order valence-electron chi connectivity index (χ1n) is 5.30. The van der Waals surface area contributed by atoms with Crippen LogP contribution in [0.4, 0.5) is 5.69 Å². The van der Waals surface area contributed by atoms with Gasteiger partial charge in [0.25, 0.3) is 0 Å². The highest BCUT2D eigenvalue weighted by Gasteiger charge is 2.14. The predicted molar refractivity (Wildman–Crippen MR) is 63.9 cm³/mol. The molecule has 0 amide bonds. The molecule has 0 bridgehead atoms. The molecule has 1 atom stereocenters. The lowest BCUT2D eigenvalue weighted by atomic mass is 10.1. The number of carbonyl (C=O) groups is 1. The van der Waals surface area contributed by atoms with Crippen LogP contribution in [0, 0.1) is 5.92 Å². The van der Waals surface area contributed by atoms with E-state index in [0.717, 1.165) is 0 Å². The van der Waals surface area contributed by atoms with Crippen molar-refractivity contribution in [2.24, 2.45) is 5.92 Å². The van der Waals surface area contributed by atoms with Gasteiger partial charge in [-0.1, -0.05) is 6.92 Å². The Bertz CT molecular complexity index is 392. The summed E-state index contributed by atoms with van der Waals surface area (Å²) in [6, 6.07) is 4.73. The van der Waals surface area contributed by atoms with Gasteiger partial charge in [-0.3, -0.25) is 0 Å². The number of benzene rings is 1. The maximum absolute atomic E-state index is 11.5. The second kappa shape index (κ2) is 6.10. The first kappa shape index (κ1) is 13.3. The van der Waals surface area contributed by atoms with Crippen molar-refractivity contribution in [2.45, 2.75) is 6.92 Å². The molecule has 0 saturated carbocycles. The molecule has 0 aromatic heterocycles. The molecule has 0 spiro atoms. The maximum atomic E-state index is 11.5. The molecule has 5 heteroatoms. The van der Waals surface area contributed by atoms with Crippen molar-refractivity contribution in [3.63, 3.8) is 0 Å². The fourth-order valence-electron chi connectivity index (χ4n) is 1.22. The second-order valence-corrected chi connectivity index (χ2v) is 3.85. The van der Waals surface area contributed by atoms with Gasteiger partial charge in [0, 0.05) is 24.3 Å². The van der Waals surface area contributed by atoms with E-state index in [4.69, 9.17) is 15.6 Å². The van der Waals surface area contributed by atoms with Gasteiger partial charge in [0.1, 0.15) is 11.3 Å². The van der Waals surface area contributed by atoms with Crippen LogP contribution < -0.4 is 10.5 Å². The number of hydrogen-bond donors (Lipinski definition) is 2. The first-order valence-corrected chi connectivity index (χ1v) is 5.30. The van der Waals surface area contributed by atoms with Crippen LogP contribution in [0.3, 0.4) is 0 Å². The number of carbonyl (C=O) groups excluding carboxylic acids is 1. The van der Waals surface area contributed by atoms with Gasteiger partial charge in [0.2, 0.25) is 0 Å². The summed E-state index contributed by atoms with van der Waals surface area (Å²) in [5.74, 6) is -0.115. The molecule has 0 fully saturated rings. The van der Waals surface area contributed by atoms with Crippen LogP contribution >= 0.6 is 0 Å². The molecular weight excluding hydrogens is 222 g/mol. The van der Waals surface area contributed by atoms with E-state index in [1.165, 1.54) is 7.11 Å². The number of aliphatic hydroxyl groups is 1. The Hall–Kier alpha value is -1.75. The summed E-state index contributed by atoms with van der Waals surface area (Å²) in [5, 5.41) is 8.90. The molecule has 0 saturated heterocycles. The quantitative estimate of drug-likeness (QED) is 0.593. The fraction of sp³-hybridized carbons (Fsp3) is 0.417. The molecule has 0 aliphatic carbocycles. The van der Waals surface area contributed by atoms with Crippen molar-refractivity contribution in [1.82, 2.24) is 0 Å². The van der Waals surface area contributed by atoms with Gasteiger partial charge in [0.05, 0.1) is 13.7 Å². The largest absolute Gasteiger partial charge is 0.492 e. The highest BCUT2D eigenvalue weighted by atomic mass is 16.5. The zero-order valence-electron chi connectivity index (χ0n) is 9.97. The van der Waals surface area contributed by atoms with E-state index >= 15 is 0 Å². The second-order valence-electron chi connectivity index (χ2n) is 3.85. The van der Waals surface area contributed by atoms with Crippen LogP contribution in [0.5, 0.6) is 5.75 Å². The Balaban J connectivity index is 2.87. The first-order chi connectivity index (χ1) is 8.08. The Kier molecular flexibility index (Phi) is 4.78. The van der Waals surface area contributed by atoms with Crippen LogP contribution in [0.25, 0.3) is 0 Å². The average Bonchev–Trinajstić information content (AvgIpc) is 2.35. The minimum absolute atomic E-state index is 0.0121. The van der Waals surface area contributed by atoms with E-state index < -0.39 is 5.97 Å². The summed E-state index contributed by atoms with van der Waals surface area (Å²) in [4.78, 5) is 11.5. The lowest BCUT2D eigenvalue weighted by Crippen LogP contribution is -2.14. The molecule has 5 nitrogen and oxygen atoms in total. The number of anilines is 1. The smallest absolute Gasteiger partial charge is 0.341 e. The van der Waals surface area contributed by atoms with Gasteiger partial charge in [-0.15, -0.1) is 0 Å². The molecule has 3 N–H and O–H groups in total. The Morgan fingerprint density at radius 3 is 2.82 bits per heavy atom. The van der Waals surface area contributed by atoms with Crippen molar-refractivity contribution in [2.75, 3.05) is 26.1 Å². The van der Waals surface area contributed by atoms with Crippen LogP contribution in [0.1, 0.15) is 17.3 Å². The SMILES string of the molecule is COC(=O)c1ccc(N)cc1OCC(C)CO. The number of aliphatic hydroxyl groups excluding tert-OH is 1. The van der Waals surface area contributed by atoms with Crippen molar-refractivity contribution >= 4 is 11.7 Å². The topological polar surface area (TPSA) is 81.8 Å². The van der Waals surface area contributed by atoms with Gasteiger partial charge in [0.15, 0.2) is 0 Å². The molecule has 94 valence electrons. The summed E-state index contributed by atoms with van der Waals surface area (Å²) in [5.41, 5.74) is 6.46. The molecule has 0 aliphatic heterocycles. The number of ether oxygens (including phenoxy) is 2. The number of rotatable bonds is 5. The molecule has 1 aromatic carbocycles. The van der Waals surface area contributed by atoms with Gasteiger partial charge in [-0.2, -0.15) is 0 Å². The molecule has 1 unspecified atom stereocenters. The number of methoxy groups -OCH3 is 1. The third-order valence-electron chi connectivity index (χ3n) is 2.25. The summed E-state index contributed by atoms with van der Waals surface area (Å²) >= 11 is 0. The number of esters is 1. The highest BCUT2D eigenvalue weighted by molar-refractivity contribution is 5.93. The van der Waals surface area contributed by atoms with E-state index in [1.54, 1.807) is 18.2 Å². The third kappa shape index (κ3) is 3.64. The number of nitrogens with two attached hydrogens (primary N) is 1. The van der Waals surface area contributed by atoms with Crippen LogP contribution in [-0.4, -0.2) is 31.4 Å². The van der Waals surface area contributed by atoms with Gasteiger partial charge in [-0.05, 0) is 12.1 Å². The monoisotopic (exact) mass is 239 g/mol. The summed E-state index contributed by atoms with van der Waals surface area (Å²) in [6.45, 7) is 2.17. The minimum Gasteiger partial charge on any atom is -0.492 e. The Labute approximate surface area is 100 Å². The van der Waals surface area contributed by atoms with E-state index in [1.807, 2.05) is 6.92 Å². The van der Waals surface area contributed by atoms with Gasteiger partial charge >= 0.3 is 5.97 Å². The van der Waals surface area contributed by atoms with E-state index in [0.29, 0.717) is 23.6 Å². The Morgan fingerprint density at radius 1 is 1.53 bits per heavy atom. The lowest BCUT2D eigenvalue weighted by Gasteiger charge is -2.13. The zero-order valence-corrected chi connectivity index (χ0v) is 9.97. The summed E-state index contributed by atoms with van der Waals surface area (Å²) < 4.78 is 10.1. The standard InChI is InChI=1S/C12H17NO4/c1-8(6-14)7-17-11-5-9(13)3-4-10(11)12(15)16-2/h3-5,8,14H,6-7,13H2,1-2H3. The van der Waals surface area contributed by atoms with Crippen LogP contribution in [-0.2, 0) is 4.74 Å². The molecule has 1 rings (SSSR count). The van der Waals surface area contributed by atoms with Gasteiger partial charge < -0.3 is 20.3 Å². The van der Waals surface area contributed by atoms with Crippen LogP contribution in [0.15, 0.2) is 18.2 Å². The van der Waals surface area contributed by atoms with Crippen molar-refractivity contribution in [3.8, 4) is 5.75 Å². The molecule has 1 aromatic rings. The van der Waals surface area contributed by atoms with E-state index in [9.17, 15) is 4.79 Å². The fourth-order valence-corrected chi connectivity index (χ4v) is 1.22. The van der Waals surface area contributed by atoms with E-state index in [2.05, 4.69) is 4.74 Å². The summed E-state index contributed by atoms with van der Waals surface area (Å²) in [6.07, 6.45) is 0. The van der Waals surface area contributed by atoms with Crippen molar-refractivity contribution < 1.29 is 19.4 Å². The minimum atomic E-state index is -0.475. The molecule has 0 aliphatic rings. The number of hydrogen-bond acceptors (Lipinski definition) is 5. The normalized spacial score (nSPS) is 11.9. The van der Waals surface area contributed by atoms with Crippen molar-refractivity contribution in [1.29, 1.82) is 0 Å². The molecule has 17 heavy (non-hydrogen) atoms. The molecular formula is C12H17NO4.